The maximum atomic E-state index is 11.9. The van der Waals surface area contributed by atoms with E-state index in [-0.39, 0.29) is 30.1 Å². The normalized spacial score (nSPS) is 29.1. The van der Waals surface area contributed by atoms with Gasteiger partial charge in [-0.1, -0.05) is 22.9 Å². The van der Waals surface area contributed by atoms with E-state index in [9.17, 15) is 13.2 Å². The Morgan fingerprint density at radius 3 is 2.47 bits per heavy atom. The Balaban J connectivity index is 2.11. The predicted molar refractivity (Wildman–Crippen MR) is 62.4 cm³/mol. The highest BCUT2D eigenvalue weighted by Crippen LogP contribution is 2.33. The number of ether oxygens (including phenoxy) is 2. The molecule has 0 saturated heterocycles. The van der Waals surface area contributed by atoms with Gasteiger partial charge in [0.2, 0.25) is 0 Å². The lowest BCUT2D eigenvalue weighted by molar-refractivity contribution is -0.148. The van der Waals surface area contributed by atoms with Crippen molar-refractivity contribution in [2.24, 2.45) is 0 Å². The van der Waals surface area contributed by atoms with Crippen LogP contribution in [0.1, 0.15) is 32.6 Å². The summed E-state index contributed by atoms with van der Waals surface area (Å²) < 4.78 is 46.6. The van der Waals surface area contributed by atoms with Crippen LogP contribution in [0.15, 0.2) is 0 Å². The lowest BCUT2D eigenvalue weighted by Gasteiger charge is -2.40. The molecule has 1 aliphatic carbocycles. The first kappa shape index (κ1) is 15.2. The van der Waals surface area contributed by atoms with Crippen LogP contribution in [-0.2, 0) is 9.47 Å². The second-order valence-corrected chi connectivity index (χ2v) is 5.39. The standard InChI is InChI=1S/C11H18BrF3O2/c1-2-5-17-10-8(12)7-9(10)16-6-3-4-11(13,14)15/h8-10H,2-7H2,1H3. The molecule has 1 saturated carbocycles. The molecule has 1 rings (SSSR count). The van der Waals surface area contributed by atoms with Crippen molar-refractivity contribution in [1.82, 2.24) is 0 Å². The molecule has 0 N–H and O–H groups in total. The largest absolute Gasteiger partial charge is 0.389 e. The fourth-order valence-corrected chi connectivity index (χ4v) is 2.52. The van der Waals surface area contributed by atoms with E-state index >= 15 is 0 Å². The SMILES string of the molecule is CCCOC1C(Br)CC1OCCCC(F)(F)F. The number of alkyl halides is 4. The number of hydrogen-bond acceptors (Lipinski definition) is 2. The molecule has 1 aliphatic rings. The van der Waals surface area contributed by atoms with Gasteiger partial charge in [-0.05, 0) is 19.3 Å². The number of hydrogen-bond donors (Lipinski definition) is 0. The van der Waals surface area contributed by atoms with Crippen LogP contribution < -0.4 is 0 Å². The molecule has 17 heavy (non-hydrogen) atoms. The molecule has 102 valence electrons. The molecule has 0 aromatic heterocycles. The Hall–Kier alpha value is 0.190. The van der Waals surface area contributed by atoms with Gasteiger partial charge in [0, 0.05) is 24.5 Å². The van der Waals surface area contributed by atoms with Crippen LogP contribution in [0.2, 0.25) is 0 Å². The van der Waals surface area contributed by atoms with E-state index in [4.69, 9.17) is 9.47 Å². The van der Waals surface area contributed by atoms with Gasteiger partial charge in [-0.25, -0.2) is 0 Å². The van der Waals surface area contributed by atoms with Gasteiger partial charge < -0.3 is 9.47 Å². The second kappa shape index (κ2) is 6.95. The molecule has 0 heterocycles. The smallest absolute Gasteiger partial charge is 0.375 e. The van der Waals surface area contributed by atoms with Gasteiger partial charge in [0.05, 0.1) is 12.2 Å². The molecule has 0 aromatic rings. The third-order valence-electron chi connectivity index (χ3n) is 2.63. The topological polar surface area (TPSA) is 18.5 Å². The van der Waals surface area contributed by atoms with Crippen molar-refractivity contribution >= 4 is 15.9 Å². The molecule has 0 spiro atoms. The first-order valence-corrected chi connectivity index (χ1v) is 6.79. The molecule has 3 unspecified atom stereocenters. The maximum absolute atomic E-state index is 11.9. The minimum Gasteiger partial charge on any atom is -0.375 e. The Labute approximate surface area is 108 Å². The summed E-state index contributed by atoms with van der Waals surface area (Å²) in [6.07, 6.45) is -3.18. The van der Waals surface area contributed by atoms with Gasteiger partial charge in [0.1, 0.15) is 0 Å². The van der Waals surface area contributed by atoms with Gasteiger partial charge in [-0.15, -0.1) is 0 Å². The van der Waals surface area contributed by atoms with Gasteiger partial charge in [0.15, 0.2) is 0 Å². The predicted octanol–water partition coefficient (Wildman–Crippen LogP) is 3.68. The molecule has 2 nitrogen and oxygen atoms in total. The van der Waals surface area contributed by atoms with Crippen molar-refractivity contribution < 1.29 is 22.6 Å². The fourth-order valence-electron chi connectivity index (χ4n) is 1.66. The minimum atomic E-state index is -4.08. The summed E-state index contributed by atoms with van der Waals surface area (Å²) in [5, 5.41) is 0. The van der Waals surface area contributed by atoms with Crippen molar-refractivity contribution in [3.05, 3.63) is 0 Å². The molecule has 6 heteroatoms. The average Bonchev–Trinajstić information content (AvgIpc) is 2.21. The van der Waals surface area contributed by atoms with Crippen molar-refractivity contribution in [3.63, 3.8) is 0 Å². The molecular formula is C11H18BrF3O2. The highest BCUT2D eigenvalue weighted by molar-refractivity contribution is 9.09. The van der Waals surface area contributed by atoms with E-state index in [1.807, 2.05) is 6.92 Å². The van der Waals surface area contributed by atoms with E-state index in [2.05, 4.69) is 15.9 Å². The van der Waals surface area contributed by atoms with Gasteiger partial charge in [-0.2, -0.15) is 13.2 Å². The molecule has 1 fully saturated rings. The molecular weight excluding hydrogens is 301 g/mol. The summed E-state index contributed by atoms with van der Waals surface area (Å²) in [7, 11) is 0. The van der Waals surface area contributed by atoms with Crippen LogP contribution in [-0.4, -0.2) is 36.4 Å². The van der Waals surface area contributed by atoms with Crippen LogP contribution in [0.25, 0.3) is 0 Å². The van der Waals surface area contributed by atoms with Crippen molar-refractivity contribution in [2.45, 2.75) is 55.8 Å². The monoisotopic (exact) mass is 318 g/mol. The van der Waals surface area contributed by atoms with Gasteiger partial charge >= 0.3 is 6.18 Å². The lowest BCUT2D eigenvalue weighted by atomic mass is 9.91. The third-order valence-corrected chi connectivity index (χ3v) is 3.53. The molecule has 0 aromatic carbocycles. The third kappa shape index (κ3) is 5.57. The molecule has 0 aliphatic heterocycles. The van der Waals surface area contributed by atoms with Crippen LogP contribution >= 0.6 is 15.9 Å². The van der Waals surface area contributed by atoms with E-state index < -0.39 is 12.6 Å². The summed E-state index contributed by atoms with van der Waals surface area (Å²) in [4.78, 5) is 0.265. The summed E-state index contributed by atoms with van der Waals surface area (Å²) in [5.41, 5.74) is 0. The summed E-state index contributed by atoms with van der Waals surface area (Å²) >= 11 is 3.45. The van der Waals surface area contributed by atoms with E-state index in [1.54, 1.807) is 0 Å². The Bertz CT molecular complexity index is 223. The summed E-state index contributed by atoms with van der Waals surface area (Å²) in [6.45, 7) is 2.83. The van der Waals surface area contributed by atoms with E-state index in [0.29, 0.717) is 6.61 Å². The summed E-state index contributed by atoms with van der Waals surface area (Å²) in [5.74, 6) is 0. The van der Waals surface area contributed by atoms with E-state index in [0.717, 1.165) is 12.8 Å². The van der Waals surface area contributed by atoms with Crippen LogP contribution in [0.4, 0.5) is 13.2 Å². The highest BCUT2D eigenvalue weighted by Gasteiger charge is 2.41. The fraction of sp³-hybridized carbons (Fsp3) is 1.00. The van der Waals surface area contributed by atoms with Crippen molar-refractivity contribution in [1.29, 1.82) is 0 Å². The zero-order valence-corrected chi connectivity index (χ0v) is 11.4. The van der Waals surface area contributed by atoms with Crippen LogP contribution in [0.3, 0.4) is 0 Å². The Kier molecular flexibility index (Phi) is 6.23. The first-order valence-electron chi connectivity index (χ1n) is 5.88. The molecule has 3 atom stereocenters. The van der Waals surface area contributed by atoms with Gasteiger partial charge in [0.25, 0.3) is 0 Å². The van der Waals surface area contributed by atoms with Crippen LogP contribution in [0, 0.1) is 0 Å². The Morgan fingerprint density at radius 1 is 1.24 bits per heavy atom. The zero-order valence-electron chi connectivity index (χ0n) is 9.80. The first-order chi connectivity index (χ1) is 7.94. The lowest BCUT2D eigenvalue weighted by Crippen LogP contribution is -2.51. The number of halogens is 4. The Morgan fingerprint density at radius 2 is 1.94 bits per heavy atom. The average molecular weight is 319 g/mol. The van der Waals surface area contributed by atoms with Crippen molar-refractivity contribution in [3.8, 4) is 0 Å². The van der Waals surface area contributed by atoms with Crippen LogP contribution in [0.5, 0.6) is 0 Å². The van der Waals surface area contributed by atoms with Gasteiger partial charge in [-0.3, -0.25) is 0 Å². The highest BCUT2D eigenvalue weighted by atomic mass is 79.9. The quantitative estimate of drug-likeness (QED) is 0.526. The van der Waals surface area contributed by atoms with E-state index in [1.165, 1.54) is 0 Å². The molecule has 0 radical (unpaired) electrons. The zero-order chi connectivity index (χ0) is 12.9. The minimum absolute atomic E-state index is 0.0131. The van der Waals surface area contributed by atoms with Crippen molar-refractivity contribution in [2.75, 3.05) is 13.2 Å². The number of rotatable bonds is 7. The summed E-state index contributed by atoms with van der Waals surface area (Å²) in [6, 6.07) is 0. The molecule has 0 amide bonds. The molecule has 0 bridgehead atoms. The second-order valence-electron chi connectivity index (χ2n) is 4.22. The maximum Gasteiger partial charge on any atom is 0.389 e.